The summed E-state index contributed by atoms with van der Waals surface area (Å²) in [5.41, 5.74) is 8.37. The Morgan fingerprint density at radius 3 is 2.43 bits per heavy atom. The van der Waals surface area contributed by atoms with Crippen LogP contribution in [0.15, 0.2) is 48.5 Å². The number of nitrogens with one attached hydrogen (secondary N) is 1. The summed E-state index contributed by atoms with van der Waals surface area (Å²) in [6.45, 7) is 1.64. The molecule has 3 aromatic rings. The number of halogens is 3. The Morgan fingerprint density at radius 2 is 1.79 bits per heavy atom. The average molecular weight is 385 g/mol. The van der Waals surface area contributed by atoms with Crippen LogP contribution in [0, 0.1) is 24.4 Å². The van der Waals surface area contributed by atoms with Gasteiger partial charge in [0.2, 0.25) is 6.41 Å². The first-order valence-corrected chi connectivity index (χ1v) is 8.55. The summed E-state index contributed by atoms with van der Waals surface area (Å²) in [6.07, 6.45) is 0.585. The van der Waals surface area contributed by atoms with Crippen molar-refractivity contribution in [2.75, 3.05) is 5.73 Å². The quantitative estimate of drug-likeness (QED) is 0.628. The van der Waals surface area contributed by atoms with Crippen molar-refractivity contribution in [1.29, 1.82) is 0 Å². The van der Waals surface area contributed by atoms with Crippen LogP contribution in [0.25, 0.3) is 11.1 Å². The van der Waals surface area contributed by atoms with Crippen molar-refractivity contribution in [3.63, 3.8) is 0 Å². The minimum Gasteiger partial charge on any atom is -0.384 e. The molecule has 28 heavy (non-hydrogen) atoms. The molecule has 0 aliphatic carbocycles. The number of benzene rings is 2. The van der Waals surface area contributed by atoms with Crippen LogP contribution in [0.4, 0.5) is 19.0 Å². The van der Waals surface area contributed by atoms with Crippen molar-refractivity contribution in [1.82, 2.24) is 10.3 Å². The molecule has 0 fully saturated rings. The van der Waals surface area contributed by atoms with Crippen LogP contribution in [0.2, 0.25) is 0 Å². The fraction of sp³-hybridized carbons (Fsp3) is 0.143. The maximum Gasteiger partial charge on any atom is 0.207 e. The molecule has 0 aliphatic rings. The van der Waals surface area contributed by atoms with Crippen LogP contribution in [-0.2, 0) is 11.2 Å². The number of aromatic nitrogens is 1. The molecular formula is C21H18F3N3O. The minimum atomic E-state index is -0.713. The summed E-state index contributed by atoms with van der Waals surface area (Å²) < 4.78 is 40.8. The Kier molecular flexibility index (Phi) is 5.63. The summed E-state index contributed by atoms with van der Waals surface area (Å²) in [7, 11) is 0. The molecule has 3 N–H and O–H groups in total. The lowest BCUT2D eigenvalue weighted by molar-refractivity contribution is -0.110. The van der Waals surface area contributed by atoms with E-state index in [9.17, 15) is 18.0 Å². The van der Waals surface area contributed by atoms with E-state index in [0.717, 1.165) is 6.07 Å². The number of pyridine rings is 1. The van der Waals surface area contributed by atoms with Gasteiger partial charge in [0.25, 0.3) is 0 Å². The van der Waals surface area contributed by atoms with Gasteiger partial charge in [0, 0.05) is 11.6 Å². The predicted octanol–water partition coefficient (Wildman–Crippen LogP) is 4.09. The highest BCUT2D eigenvalue weighted by atomic mass is 19.1. The summed E-state index contributed by atoms with van der Waals surface area (Å²) in [5, 5.41) is 2.63. The lowest BCUT2D eigenvalue weighted by Gasteiger charge is -2.20. The zero-order valence-electron chi connectivity index (χ0n) is 15.0. The summed E-state index contributed by atoms with van der Waals surface area (Å²) in [4.78, 5) is 15.5. The normalized spacial score (nSPS) is 11.9. The van der Waals surface area contributed by atoms with Gasteiger partial charge in [0.05, 0.1) is 11.7 Å². The van der Waals surface area contributed by atoms with Gasteiger partial charge in [0.15, 0.2) is 0 Å². The van der Waals surface area contributed by atoms with Gasteiger partial charge in [-0.3, -0.25) is 4.79 Å². The topological polar surface area (TPSA) is 68.0 Å². The highest BCUT2D eigenvalue weighted by molar-refractivity contribution is 5.69. The minimum absolute atomic E-state index is 0.0943. The van der Waals surface area contributed by atoms with Gasteiger partial charge >= 0.3 is 0 Å². The van der Waals surface area contributed by atoms with Crippen molar-refractivity contribution in [2.45, 2.75) is 19.4 Å². The van der Waals surface area contributed by atoms with E-state index in [1.54, 1.807) is 31.2 Å². The number of nitrogens with two attached hydrogens (primary N) is 1. The third-order valence-corrected chi connectivity index (χ3v) is 4.38. The molecule has 0 saturated carbocycles. The molecule has 4 nitrogen and oxygen atoms in total. The van der Waals surface area contributed by atoms with Crippen LogP contribution < -0.4 is 11.1 Å². The number of rotatable bonds is 6. The van der Waals surface area contributed by atoms with E-state index in [4.69, 9.17) is 5.73 Å². The fourth-order valence-corrected chi connectivity index (χ4v) is 3.09. The van der Waals surface area contributed by atoms with E-state index in [2.05, 4.69) is 10.3 Å². The second-order valence-electron chi connectivity index (χ2n) is 6.45. The highest BCUT2D eigenvalue weighted by Gasteiger charge is 2.20. The van der Waals surface area contributed by atoms with E-state index in [1.165, 1.54) is 18.2 Å². The Labute approximate surface area is 160 Å². The number of carbonyl (C=O) groups excluding carboxylic acids is 1. The molecule has 1 unspecified atom stereocenters. The first-order chi connectivity index (χ1) is 13.4. The van der Waals surface area contributed by atoms with Gasteiger partial charge in [0.1, 0.15) is 23.3 Å². The molecule has 1 atom stereocenters. The number of hydrogen-bond acceptors (Lipinski definition) is 3. The van der Waals surface area contributed by atoms with E-state index >= 15 is 0 Å². The van der Waals surface area contributed by atoms with Crippen LogP contribution in [0.1, 0.15) is 22.9 Å². The van der Waals surface area contributed by atoms with E-state index in [1.807, 2.05) is 0 Å². The van der Waals surface area contributed by atoms with Gasteiger partial charge in [-0.25, -0.2) is 18.2 Å². The fourth-order valence-electron chi connectivity index (χ4n) is 3.09. The van der Waals surface area contributed by atoms with Crippen molar-refractivity contribution >= 4 is 12.2 Å². The lowest BCUT2D eigenvalue weighted by Crippen LogP contribution is -2.24. The summed E-state index contributed by atoms with van der Waals surface area (Å²) >= 11 is 0. The van der Waals surface area contributed by atoms with Gasteiger partial charge < -0.3 is 11.1 Å². The third-order valence-electron chi connectivity index (χ3n) is 4.38. The van der Waals surface area contributed by atoms with E-state index < -0.39 is 17.7 Å². The molecule has 3 rings (SSSR count). The number of nitrogens with zero attached hydrogens (tertiary/aromatic N) is 1. The first kappa shape index (κ1) is 19.4. The molecule has 0 spiro atoms. The van der Waals surface area contributed by atoms with Crippen molar-refractivity contribution < 1.29 is 18.0 Å². The Bertz CT molecular complexity index is 1000. The SMILES string of the molecule is Cc1cc(-c2ccc(N)nc2C(Cc2cc(F)cc(F)c2)NC=O)ccc1F. The second kappa shape index (κ2) is 8.12. The number of amides is 1. The number of nitrogen functional groups attached to an aromatic ring is 1. The van der Waals surface area contributed by atoms with Crippen molar-refractivity contribution in [2.24, 2.45) is 0 Å². The smallest absolute Gasteiger partial charge is 0.207 e. The molecule has 0 bridgehead atoms. The van der Waals surface area contributed by atoms with Crippen LogP contribution in [-0.4, -0.2) is 11.4 Å². The Hall–Kier alpha value is -3.35. The lowest BCUT2D eigenvalue weighted by atomic mass is 9.94. The molecule has 0 radical (unpaired) electrons. The molecule has 1 aromatic heterocycles. The largest absolute Gasteiger partial charge is 0.384 e. The molecule has 1 amide bonds. The second-order valence-corrected chi connectivity index (χ2v) is 6.45. The molecular weight excluding hydrogens is 367 g/mol. The summed E-state index contributed by atoms with van der Waals surface area (Å²) in [6, 6.07) is 10.4. The highest BCUT2D eigenvalue weighted by Crippen LogP contribution is 2.31. The van der Waals surface area contributed by atoms with Gasteiger partial charge in [-0.15, -0.1) is 0 Å². The van der Waals surface area contributed by atoms with Crippen molar-refractivity contribution in [3.8, 4) is 11.1 Å². The first-order valence-electron chi connectivity index (χ1n) is 8.55. The molecule has 0 aliphatic heterocycles. The molecule has 144 valence electrons. The number of hydrogen-bond donors (Lipinski definition) is 2. The van der Waals surface area contributed by atoms with Gasteiger partial charge in [-0.2, -0.15) is 0 Å². The average Bonchev–Trinajstić information content (AvgIpc) is 2.63. The monoisotopic (exact) mass is 385 g/mol. The maximum absolute atomic E-state index is 13.7. The van der Waals surface area contributed by atoms with E-state index in [0.29, 0.717) is 34.4 Å². The van der Waals surface area contributed by atoms with E-state index in [-0.39, 0.29) is 18.1 Å². The summed E-state index contributed by atoms with van der Waals surface area (Å²) in [5.74, 6) is -1.54. The third kappa shape index (κ3) is 4.31. The molecule has 2 aromatic carbocycles. The van der Waals surface area contributed by atoms with Crippen LogP contribution in [0.5, 0.6) is 0 Å². The Balaban J connectivity index is 2.08. The number of carbonyl (C=O) groups is 1. The predicted molar refractivity (Wildman–Crippen MR) is 101 cm³/mol. The molecule has 0 saturated heterocycles. The zero-order valence-corrected chi connectivity index (χ0v) is 15.0. The number of aryl methyl sites for hydroxylation is 1. The van der Waals surface area contributed by atoms with Crippen molar-refractivity contribution in [3.05, 3.63) is 82.8 Å². The zero-order chi connectivity index (χ0) is 20.3. The van der Waals surface area contributed by atoms with Crippen LogP contribution in [0.3, 0.4) is 0 Å². The van der Waals surface area contributed by atoms with Gasteiger partial charge in [-0.05, 0) is 66.4 Å². The van der Waals surface area contributed by atoms with Crippen LogP contribution >= 0.6 is 0 Å². The molecule has 7 heteroatoms. The standard InChI is InChI=1S/C21H18F3N3O/c1-12-6-14(2-4-18(12)24)17-3-5-20(25)27-21(17)19(26-11-28)9-13-7-15(22)10-16(23)8-13/h2-8,10-11,19H,9H2,1H3,(H2,25,27)(H,26,28). The Morgan fingerprint density at radius 1 is 1.07 bits per heavy atom. The maximum atomic E-state index is 13.7. The van der Waals surface area contributed by atoms with Gasteiger partial charge in [-0.1, -0.05) is 6.07 Å². The molecule has 1 heterocycles. The number of anilines is 1.